The van der Waals surface area contributed by atoms with Crippen molar-refractivity contribution in [3.05, 3.63) is 122 Å². The SMILES string of the molecule is CCN1CCC(C)[C@@H](OC(=O)C(NS(=O)(=O)c2cccc(C(=O)O[C@@H](Cc3c(Cl)c[n+]([O-])cc3Cl)c3ccc(OC(F)F)c(OCC4CC4)c3)c2)c2ccc(Cl)cc2)C1. The van der Waals surface area contributed by atoms with E-state index in [4.69, 9.17) is 49.0 Å². The first-order valence-corrected chi connectivity index (χ1v) is 21.5. The van der Waals surface area contributed by atoms with E-state index in [1.54, 1.807) is 0 Å². The molecule has 18 heteroatoms. The number of nitrogens with one attached hydrogen (secondary N) is 1. The molecule has 2 heterocycles. The van der Waals surface area contributed by atoms with Crippen molar-refractivity contribution in [1.29, 1.82) is 0 Å². The maximum atomic E-state index is 14.0. The van der Waals surface area contributed by atoms with Gasteiger partial charge >= 0.3 is 18.6 Å². The molecule has 1 aromatic heterocycles. The number of alkyl halides is 2. The highest BCUT2D eigenvalue weighted by molar-refractivity contribution is 7.89. The quantitative estimate of drug-likeness (QED) is 0.0627. The number of benzene rings is 3. The van der Waals surface area contributed by atoms with Gasteiger partial charge in [-0.2, -0.15) is 18.2 Å². The Morgan fingerprint density at radius 3 is 2.32 bits per heavy atom. The molecule has 12 nitrogen and oxygen atoms in total. The highest BCUT2D eigenvalue weighted by Gasteiger charge is 2.35. The molecule has 316 valence electrons. The zero-order valence-corrected chi connectivity index (χ0v) is 35.1. The minimum atomic E-state index is -4.52. The maximum absolute atomic E-state index is 14.0. The average molecular weight is 897 g/mol. The van der Waals surface area contributed by atoms with Crippen LogP contribution < -0.4 is 18.9 Å². The molecule has 0 bridgehead atoms. The molecule has 3 aromatic carbocycles. The Bertz CT molecular complexity index is 2230. The van der Waals surface area contributed by atoms with Crippen LogP contribution in [-0.2, 0) is 30.7 Å². The molecular weight excluding hydrogens is 855 g/mol. The third-order valence-electron chi connectivity index (χ3n) is 10.2. The van der Waals surface area contributed by atoms with Crippen LogP contribution in [0.3, 0.4) is 0 Å². The second-order valence-electron chi connectivity index (χ2n) is 14.5. The van der Waals surface area contributed by atoms with E-state index in [0.717, 1.165) is 50.8 Å². The molecular formula is C41H42Cl3F2N3O9S. The van der Waals surface area contributed by atoms with E-state index in [9.17, 15) is 32.0 Å². The van der Waals surface area contributed by atoms with Crippen molar-refractivity contribution in [3.8, 4) is 11.5 Å². The average Bonchev–Trinajstić information content (AvgIpc) is 4.03. The number of ether oxygens (including phenoxy) is 4. The van der Waals surface area contributed by atoms with Crippen molar-refractivity contribution >= 4 is 56.8 Å². The number of halogens is 5. The molecule has 0 spiro atoms. The fourth-order valence-corrected chi connectivity index (χ4v) is 8.48. The van der Waals surface area contributed by atoms with E-state index in [1.807, 2.05) is 13.8 Å². The largest absolute Gasteiger partial charge is 0.619 e. The van der Waals surface area contributed by atoms with Gasteiger partial charge in [0, 0.05) is 23.6 Å². The van der Waals surface area contributed by atoms with Gasteiger partial charge in [-0.1, -0.05) is 72.9 Å². The normalized spacial score (nSPS) is 18.2. The highest BCUT2D eigenvalue weighted by Crippen LogP contribution is 2.38. The Balaban J connectivity index is 1.28. The van der Waals surface area contributed by atoms with Crippen LogP contribution in [0.4, 0.5) is 8.78 Å². The van der Waals surface area contributed by atoms with E-state index in [1.165, 1.54) is 60.7 Å². The molecule has 1 saturated carbocycles. The Morgan fingerprint density at radius 2 is 1.66 bits per heavy atom. The Labute approximate surface area is 355 Å². The van der Waals surface area contributed by atoms with Gasteiger partial charge in [-0.15, -0.1) is 0 Å². The van der Waals surface area contributed by atoms with Crippen molar-refractivity contribution < 1.29 is 50.5 Å². The lowest BCUT2D eigenvalue weighted by Gasteiger charge is -2.36. The van der Waals surface area contributed by atoms with Gasteiger partial charge in [0.1, 0.15) is 28.3 Å². The molecule has 4 aromatic rings. The van der Waals surface area contributed by atoms with Crippen LogP contribution in [0.1, 0.15) is 72.3 Å². The van der Waals surface area contributed by atoms with E-state index in [0.29, 0.717) is 16.3 Å². The number of hydrogen-bond acceptors (Lipinski definition) is 10. The predicted molar refractivity (Wildman–Crippen MR) is 215 cm³/mol. The summed E-state index contributed by atoms with van der Waals surface area (Å²) in [5, 5.41) is 12.3. The van der Waals surface area contributed by atoms with Crippen LogP contribution in [0.5, 0.6) is 11.5 Å². The van der Waals surface area contributed by atoms with Crippen molar-refractivity contribution in [3.63, 3.8) is 0 Å². The van der Waals surface area contributed by atoms with Crippen molar-refractivity contribution in [2.24, 2.45) is 11.8 Å². The van der Waals surface area contributed by atoms with Crippen LogP contribution in [0, 0.1) is 17.0 Å². The first-order chi connectivity index (χ1) is 28.1. The van der Waals surface area contributed by atoms with Gasteiger partial charge in [0.25, 0.3) is 0 Å². The van der Waals surface area contributed by atoms with E-state index >= 15 is 0 Å². The topological polar surface area (TPSA) is 147 Å². The van der Waals surface area contributed by atoms with Crippen molar-refractivity contribution in [2.75, 3.05) is 26.2 Å². The molecule has 4 atom stereocenters. The number of aromatic nitrogens is 1. The lowest BCUT2D eigenvalue weighted by molar-refractivity contribution is -0.605. The zero-order chi connectivity index (χ0) is 42.4. The number of likely N-dealkylation sites (tertiary alicyclic amines) is 1. The molecule has 1 N–H and O–H groups in total. The van der Waals surface area contributed by atoms with Crippen LogP contribution in [0.15, 0.2) is 84.0 Å². The van der Waals surface area contributed by atoms with Gasteiger partial charge in [0.2, 0.25) is 10.0 Å². The molecule has 2 fully saturated rings. The minimum absolute atomic E-state index is 0.0213. The number of hydrogen-bond donors (Lipinski definition) is 1. The molecule has 0 radical (unpaired) electrons. The number of carbonyl (C=O) groups excluding carboxylic acids is 2. The van der Waals surface area contributed by atoms with E-state index in [-0.39, 0.29) is 73.6 Å². The summed E-state index contributed by atoms with van der Waals surface area (Å²) < 4.78 is 80.0. The molecule has 1 aliphatic carbocycles. The van der Waals surface area contributed by atoms with Crippen LogP contribution in [0.2, 0.25) is 15.1 Å². The van der Waals surface area contributed by atoms with Crippen LogP contribution in [0.25, 0.3) is 0 Å². The second-order valence-corrected chi connectivity index (χ2v) is 17.5. The third kappa shape index (κ3) is 11.7. The van der Waals surface area contributed by atoms with Gasteiger partial charge in [-0.25, -0.2) is 18.0 Å². The molecule has 0 amide bonds. The highest BCUT2D eigenvalue weighted by atomic mass is 35.5. The van der Waals surface area contributed by atoms with Crippen molar-refractivity contribution in [2.45, 2.75) is 69.3 Å². The van der Waals surface area contributed by atoms with Crippen LogP contribution in [-0.4, -0.2) is 64.2 Å². The first kappa shape index (κ1) is 44.3. The second kappa shape index (κ2) is 19.4. The number of esters is 2. The number of pyridine rings is 1. The van der Waals surface area contributed by atoms with Gasteiger partial charge < -0.3 is 24.2 Å². The Morgan fingerprint density at radius 1 is 0.966 bits per heavy atom. The summed E-state index contributed by atoms with van der Waals surface area (Å²) in [6.45, 7) is 3.21. The summed E-state index contributed by atoms with van der Waals surface area (Å²) in [7, 11) is -4.52. The summed E-state index contributed by atoms with van der Waals surface area (Å²) in [4.78, 5) is 29.5. The zero-order valence-electron chi connectivity index (χ0n) is 32.0. The van der Waals surface area contributed by atoms with Gasteiger partial charge in [0.05, 0.1) is 17.1 Å². The number of rotatable bonds is 17. The van der Waals surface area contributed by atoms with E-state index in [2.05, 4.69) is 14.4 Å². The summed E-state index contributed by atoms with van der Waals surface area (Å²) in [5.74, 6) is -1.76. The summed E-state index contributed by atoms with van der Waals surface area (Å²) in [6, 6.07) is 13.6. The van der Waals surface area contributed by atoms with Gasteiger partial charge in [-0.05, 0) is 97.8 Å². The number of sulfonamides is 1. The molecule has 2 unspecified atom stereocenters. The lowest BCUT2D eigenvalue weighted by Crippen LogP contribution is -2.46. The van der Waals surface area contributed by atoms with Crippen LogP contribution >= 0.6 is 34.8 Å². The molecule has 2 aliphatic rings. The first-order valence-electron chi connectivity index (χ1n) is 18.9. The van der Waals surface area contributed by atoms with Crippen molar-refractivity contribution in [1.82, 2.24) is 9.62 Å². The van der Waals surface area contributed by atoms with Gasteiger partial charge in [-0.3, -0.25) is 4.90 Å². The summed E-state index contributed by atoms with van der Waals surface area (Å²) >= 11 is 18.9. The standard InChI is InChI=1S/C41H42Cl3F2N3O9S/c1-3-48-16-15-24(2)37(22-48)57-40(51)38(26-9-12-29(42)13-10-26)47-59(53,54)30-6-4-5-28(17-30)39(50)56-35(19-31-32(43)20-49(52)21-33(31)44)27-11-14-34(58-41(45)46)36(18-27)55-23-25-7-8-25/h4-6,9-14,17-18,20-21,24-25,35,37-38,41,47H,3,7-8,15-16,19,22-23H2,1-2H3/t24?,35-,37-,38?/m0/s1. The fourth-order valence-electron chi connectivity index (χ4n) is 6.54. The maximum Gasteiger partial charge on any atom is 0.387 e. The Hall–Kier alpha value is -4.25. The third-order valence-corrected chi connectivity index (χ3v) is 12.5. The molecule has 59 heavy (non-hydrogen) atoms. The molecule has 1 aliphatic heterocycles. The lowest BCUT2D eigenvalue weighted by atomic mass is 9.95. The smallest absolute Gasteiger partial charge is 0.387 e. The minimum Gasteiger partial charge on any atom is -0.619 e. The number of nitrogens with zero attached hydrogens (tertiary/aromatic N) is 2. The molecule has 1 saturated heterocycles. The molecule has 6 rings (SSSR count). The summed E-state index contributed by atoms with van der Waals surface area (Å²) in [6.07, 6.45) is 2.88. The fraction of sp³-hybridized carbons (Fsp3) is 0.390. The number of likely N-dealkylation sites (N-methyl/N-ethyl adjacent to an activating group) is 1. The number of piperidine rings is 1. The number of carbonyl (C=O) groups is 2. The van der Waals surface area contributed by atoms with E-state index < -0.39 is 46.8 Å². The Kier molecular flexibility index (Phi) is 14.6. The van der Waals surface area contributed by atoms with Gasteiger partial charge in [0.15, 0.2) is 23.9 Å². The monoisotopic (exact) mass is 895 g/mol. The summed E-state index contributed by atoms with van der Waals surface area (Å²) in [5.41, 5.74) is 0.589. The predicted octanol–water partition coefficient (Wildman–Crippen LogP) is 8.10.